The molecule has 3 rings (SSSR count). The van der Waals surface area contributed by atoms with Gasteiger partial charge in [-0.25, -0.2) is 4.39 Å². The van der Waals surface area contributed by atoms with Crippen LogP contribution >= 0.6 is 0 Å². The SMILES string of the molecule is O=C1CCC2(CCCO2)CCN1Cc1ccccc1F. The quantitative estimate of drug-likeness (QED) is 0.832. The van der Waals surface area contributed by atoms with Crippen molar-refractivity contribution in [3.05, 3.63) is 35.6 Å². The second-order valence-corrected chi connectivity index (χ2v) is 5.79. The number of benzene rings is 1. The number of hydrogen-bond donors (Lipinski definition) is 0. The molecule has 1 atom stereocenters. The summed E-state index contributed by atoms with van der Waals surface area (Å²) in [4.78, 5) is 14.0. The van der Waals surface area contributed by atoms with Crippen LogP contribution in [0.4, 0.5) is 4.39 Å². The van der Waals surface area contributed by atoms with E-state index < -0.39 is 0 Å². The first kappa shape index (κ1) is 13.6. The molecule has 0 saturated carbocycles. The minimum atomic E-state index is -0.239. The van der Waals surface area contributed by atoms with Gasteiger partial charge < -0.3 is 9.64 Å². The molecule has 0 bridgehead atoms. The van der Waals surface area contributed by atoms with Gasteiger partial charge in [0.05, 0.1) is 5.60 Å². The second-order valence-electron chi connectivity index (χ2n) is 5.79. The molecule has 0 aromatic heterocycles. The first-order valence-corrected chi connectivity index (χ1v) is 7.34. The molecule has 1 aromatic carbocycles. The molecule has 108 valence electrons. The molecule has 3 nitrogen and oxygen atoms in total. The van der Waals surface area contributed by atoms with Gasteiger partial charge in [-0.3, -0.25) is 4.79 Å². The molecule has 0 aliphatic carbocycles. The first-order valence-electron chi connectivity index (χ1n) is 7.34. The molecule has 2 aliphatic heterocycles. The van der Waals surface area contributed by atoms with E-state index >= 15 is 0 Å². The van der Waals surface area contributed by atoms with Crippen molar-refractivity contribution in [2.45, 2.75) is 44.2 Å². The molecule has 4 heteroatoms. The smallest absolute Gasteiger partial charge is 0.222 e. The molecular formula is C16H20FNO2. The van der Waals surface area contributed by atoms with Crippen LogP contribution in [-0.4, -0.2) is 29.6 Å². The van der Waals surface area contributed by atoms with Gasteiger partial charge in [-0.15, -0.1) is 0 Å². The van der Waals surface area contributed by atoms with Crippen LogP contribution in [0.15, 0.2) is 24.3 Å². The summed E-state index contributed by atoms with van der Waals surface area (Å²) in [5.74, 6) is -0.128. The van der Waals surface area contributed by atoms with Crippen molar-refractivity contribution in [3.63, 3.8) is 0 Å². The van der Waals surface area contributed by atoms with E-state index in [4.69, 9.17) is 4.74 Å². The summed E-state index contributed by atoms with van der Waals surface area (Å²) in [6, 6.07) is 6.67. The van der Waals surface area contributed by atoms with Gasteiger partial charge in [-0.05, 0) is 31.7 Å². The predicted octanol–water partition coefficient (Wildman–Crippen LogP) is 2.89. The van der Waals surface area contributed by atoms with Crippen molar-refractivity contribution in [2.75, 3.05) is 13.2 Å². The molecule has 2 heterocycles. The number of carbonyl (C=O) groups is 1. The lowest BCUT2D eigenvalue weighted by molar-refractivity contribution is -0.131. The van der Waals surface area contributed by atoms with E-state index in [0.717, 1.165) is 32.3 Å². The van der Waals surface area contributed by atoms with Crippen molar-refractivity contribution in [1.82, 2.24) is 4.90 Å². The minimum Gasteiger partial charge on any atom is -0.375 e. The Morgan fingerprint density at radius 3 is 2.85 bits per heavy atom. The van der Waals surface area contributed by atoms with E-state index in [1.165, 1.54) is 6.07 Å². The molecule has 2 fully saturated rings. The molecule has 1 spiro atoms. The Bertz CT molecular complexity index is 497. The lowest BCUT2D eigenvalue weighted by atomic mass is 9.92. The number of halogens is 1. The minimum absolute atomic E-state index is 0.0976. The number of ether oxygens (including phenoxy) is 1. The molecule has 1 aromatic rings. The summed E-state index contributed by atoms with van der Waals surface area (Å²) < 4.78 is 19.6. The molecule has 2 saturated heterocycles. The Balaban J connectivity index is 1.71. The summed E-state index contributed by atoms with van der Waals surface area (Å²) >= 11 is 0. The van der Waals surface area contributed by atoms with Crippen LogP contribution in [0.3, 0.4) is 0 Å². The van der Waals surface area contributed by atoms with Crippen LogP contribution in [0.5, 0.6) is 0 Å². The Hall–Kier alpha value is -1.42. The summed E-state index contributed by atoms with van der Waals surface area (Å²) in [6.07, 6.45) is 4.32. The highest BCUT2D eigenvalue weighted by atomic mass is 19.1. The maximum Gasteiger partial charge on any atom is 0.222 e. The van der Waals surface area contributed by atoms with Gasteiger partial charge in [-0.2, -0.15) is 0 Å². The normalized spacial score (nSPS) is 27.1. The number of carbonyl (C=O) groups excluding carboxylic acids is 1. The zero-order valence-electron chi connectivity index (χ0n) is 11.6. The largest absolute Gasteiger partial charge is 0.375 e. The van der Waals surface area contributed by atoms with Crippen molar-refractivity contribution in [2.24, 2.45) is 0 Å². The third-order valence-corrected chi connectivity index (χ3v) is 4.49. The number of hydrogen-bond acceptors (Lipinski definition) is 2. The van der Waals surface area contributed by atoms with E-state index in [1.54, 1.807) is 17.0 Å². The summed E-state index contributed by atoms with van der Waals surface area (Å²) in [5, 5.41) is 0. The van der Waals surface area contributed by atoms with E-state index in [2.05, 4.69) is 0 Å². The summed E-state index contributed by atoms with van der Waals surface area (Å²) in [6.45, 7) is 1.83. The van der Waals surface area contributed by atoms with Gasteiger partial charge in [-0.1, -0.05) is 18.2 Å². The van der Waals surface area contributed by atoms with Crippen LogP contribution in [-0.2, 0) is 16.1 Å². The first-order chi connectivity index (χ1) is 9.69. The predicted molar refractivity (Wildman–Crippen MR) is 73.6 cm³/mol. The highest BCUT2D eigenvalue weighted by Crippen LogP contribution is 2.36. The van der Waals surface area contributed by atoms with E-state index in [-0.39, 0.29) is 17.3 Å². The van der Waals surface area contributed by atoms with E-state index in [1.807, 2.05) is 6.07 Å². The second kappa shape index (κ2) is 5.52. The summed E-state index contributed by atoms with van der Waals surface area (Å²) in [7, 11) is 0. The monoisotopic (exact) mass is 277 g/mol. The average molecular weight is 277 g/mol. The standard InChI is InChI=1S/C16H20FNO2/c17-14-5-2-1-4-13(14)12-18-10-9-16(7-3-11-20-16)8-6-15(18)19/h1-2,4-5H,3,6-12H2. The summed E-state index contributed by atoms with van der Waals surface area (Å²) in [5.41, 5.74) is 0.490. The van der Waals surface area contributed by atoms with Gasteiger partial charge in [0.1, 0.15) is 5.82 Å². The number of nitrogens with zero attached hydrogens (tertiary/aromatic N) is 1. The van der Waals surface area contributed by atoms with Gasteiger partial charge in [0.2, 0.25) is 5.91 Å². The molecule has 1 amide bonds. The highest BCUT2D eigenvalue weighted by molar-refractivity contribution is 5.76. The molecule has 0 radical (unpaired) electrons. The van der Waals surface area contributed by atoms with E-state index in [9.17, 15) is 9.18 Å². The molecule has 1 unspecified atom stereocenters. The fourth-order valence-corrected chi connectivity index (χ4v) is 3.23. The van der Waals surface area contributed by atoms with Crippen molar-refractivity contribution in [1.29, 1.82) is 0 Å². The lowest BCUT2D eigenvalue weighted by Crippen LogP contribution is -2.32. The molecule has 20 heavy (non-hydrogen) atoms. The Morgan fingerprint density at radius 1 is 1.25 bits per heavy atom. The number of likely N-dealkylation sites (tertiary alicyclic amines) is 1. The topological polar surface area (TPSA) is 29.5 Å². The number of amides is 1. The molecule has 2 aliphatic rings. The average Bonchev–Trinajstić information content (AvgIpc) is 2.86. The van der Waals surface area contributed by atoms with Crippen molar-refractivity contribution in [3.8, 4) is 0 Å². The zero-order chi connectivity index (χ0) is 14.0. The third-order valence-electron chi connectivity index (χ3n) is 4.49. The van der Waals surface area contributed by atoms with Crippen molar-refractivity contribution < 1.29 is 13.9 Å². The number of rotatable bonds is 2. The van der Waals surface area contributed by atoms with Crippen LogP contribution in [0.1, 0.15) is 37.7 Å². The Labute approximate surface area is 118 Å². The fraction of sp³-hybridized carbons (Fsp3) is 0.562. The maximum atomic E-state index is 13.7. The van der Waals surface area contributed by atoms with Gasteiger partial charge in [0.25, 0.3) is 0 Å². The van der Waals surface area contributed by atoms with Gasteiger partial charge >= 0.3 is 0 Å². The van der Waals surface area contributed by atoms with Crippen LogP contribution in [0.2, 0.25) is 0 Å². The van der Waals surface area contributed by atoms with Crippen LogP contribution < -0.4 is 0 Å². The zero-order valence-corrected chi connectivity index (χ0v) is 11.6. The molecular weight excluding hydrogens is 257 g/mol. The Kier molecular flexibility index (Phi) is 3.74. The third kappa shape index (κ3) is 2.70. The lowest BCUT2D eigenvalue weighted by Gasteiger charge is -2.26. The van der Waals surface area contributed by atoms with Crippen LogP contribution in [0.25, 0.3) is 0 Å². The maximum absolute atomic E-state index is 13.7. The van der Waals surface area contributed by atoms with Crippen molar-refractivity contribution >= 4 is 5.91 Å². The highest BCUT2D eigenvalue weighted by Gasteiger charge is 2.38. The van der Waals surface area contributed by atoms with Crippen LogP contribution in [0, 0.1) is 5.82 Å². The van der Waals surface area contributed by atoms with Gasteiger partial charge in [0.15, 0.2) is 0 Å². The molecule has 0 N–H and O–H groups in total. The van der Waals surface area contributed by atoms with E-state index in [0.29, 0.717) is 25.1 Å². The fourth-order valence-electron chi connectivity index (χ4n) is 3.23. The van der Waals surface area contributed by atoms with Gasteiger partial charge in [0, 0.05) is 31.7 Å². The Morgan fingerprint density at radius 2 is 2.10 bits per heavy atom.